The highest BCUT2D eigenvalue weighted by atomic mass is 16.5. The minimum atomic E-state index is -0.732. The highest BCUT2D eigenvalue weighted by molar-refractivity contribution is 6.08. The minimum absolute atomic E-state index is 0.0985. The average Bonchev–Trinajstić information content (AvgIpc) is 3.21. The summed E-state index contributed by atoms with van der Waals surface area (Å²) in [6.45, 7) is 2.33. The maximum Gasteiger partial charge on any atom is 0.290 e. The highest BCUT2D eigenvalue weighted by Gasteiger charge is 2.44. The Morgan fingerprint density at radius 2 is 1.96 bits per heavy atom. The molecule has 1 unspecified atom stereocenters. The molecule has 0 aliphatic carbocycles. The van der Waals surface area contributed by atoms with Gasteiger partial charge in [-0.15, -0.1) is 0 Å². The normalized spacial score (nSPS) is 17.0. The SMILES string of the molecule is COCCN1C(=O)C(O)=C(C(=O)CCc2ccccc2)C1c1ccc(C)o1. The molecule has 1 aromatic heterocycles. The van der Waals surface area contributed by atoms with Crippen LogP contribution in [-0.2, 0) is 20.7 Å². The summed E-state index contributed by atoms with van der Waals surface area (Å²) in [4.78, 5) is 26.9. The Hall–Kier alpha value is -2.86. The minimum Gasteiger partial charge on any atom is -0.503 e. The van der Waals surface area contributed by atoms with E-state index in [4.69, 9.17) is 9.15 Å². The molecular formula is C21H23NO5. The number of aryl methyl sites for hydroxylation is 2. The number of aliphatic hydroxyl groups excluding tert-OH is 1. The monoisotopic (exact) mass is 369 g/mol. The van der Waals surface area contributed by atoms with Crippen LogP contribution in [0.15, 0.2) is 58.2 Å². The number of ether oxygens (including phenoxy) is 1. The van der Waals surface area contributed by atoms with Crippen molar-refractivity contribution in [3.63, 3.8) is 0 Å². The van der Waals surface area contributed by atoms with Crippen molar-refractivity contribution in [3.8, 4) is 0 Å². The van der Waals surface area contributed by atoms with Crippen molar-refractivity contribution in [2.24, 2.45) is 0 Å². The summed E-state index contributed by atoms with van der Waals surface area (Å²) in [7, 11) is 1.53. The molecule has 1 amide bonds. The lowest BCUT2D eigenvalue weighted by Gasteiger charge is -2.24. The summed E-state index contributed by atoms with van der Waals surface area (Å²) < 4.78 is 10.8. The first-order chi connectivity index (χ1) is 13.0. The largest absolute Gasteiger partial charge is 0.503 e. The van der Waals surface area contributed by atoms with E-state index in [2.05, 4.69) is 0 Å². The molecule has 0 bridgehead atoms. The second-order valence-electron chi connectivity index (χ2n) is 6.51. The molecule has 27 heavy (non-hydrogen) atoms. The summed E-state index contributed by atoms with van der Waals surface area (Å²) in [6, 6.07) is 12.4. The van der Waals surface area contributed by atoms with Crippen molar-refractivity contribution in [1.29, 1.82) is 0 Å². The summed E-state index contributed by atoms with van der Waals surface area (Å²) in [5.74, 6) is -0.197. The van der Waals surface area contributed by atoms with Gasteiger partial charge in [-0.25, -0.2) is 0 Å². The lowest BCUT2D eigenvalue weighted by molar-refractivity contribution is -0.130. The molecule has 0 fully saturated rings. The fraction of sp³-hybridized carbons (Fsp3) is 0.333. The first-order valence-electron chi connectivity index (χ1n) is 8.89. The van der Waals surface area contributed by atoms with Gasteiger partial charge in [0.05, 0.1) is 12.2 Å². The van der Waals surface area contributed by atoms with Crippen molar-refractivity contribution in [1.82, 2.24) is 4.90 Å². The van der Waals surface area contributed by atoms with Crippen LogP contribution in [0, 0.1) is 6.92 Å². The van der Waals surface area contributed by atoms with E-state index in [-0.39, 0.29) is 24.3 Å². The van der Waals surface area contributed by atoms with Crippen LogP contribution in [0.25, 0.3) is 0 Å². The van der Waals surface area contributed by atoms with Gasteiger partial charge in [0.15, 0.2) is 11.5 Å². The molecule has 1 aliphatic rings. The zero-order valence-electron chi connectivity index (χ0n) is 15.5. The van der Waals surface area contributed by atoms with Crippen molar-refractivity contribution in [3.05, 3.63) is 70.9 Å². The summed E-state index contributed by atoms with van der Waals surface area (Å²) in [6.07, 6.45) is 0.734. The number of amides is 1. The number of aliphatic hydroxyl groups is 1. The number of furan rings is 1. The van der Waals surface area contributed by atoms with Gasteiger partial charge in [-0.1, -0.05) is 30.3 Å². The number of hydrogen-bond donors (Lipinski definition) is 1. The van der Waals surface area contributed by atoms with Crippen LogP contribution in [0.2, 0.25) is 0 Å². The Balaban J connectivity index is 1.87. The second kappa shape index (κ2) is 8.22. The molecule has 142 valence electrons. The number of methoxy groups -OCH3 is 1. The van der Waals surface area contributed by atoms with Crippen LogP contribution in [0.3, 0.4) is 0 Å². The van der Waals surface area contributed by atoms with Crippen molar-refractivity contribution < 1.29 is 23.8 Å². The lowest BCUT2D eigenvalue weighted by Crippen LogP contribution is -2.33. The molecule has 1 N–H and O–H groups in total. The van der Waals surface area contributed by atoms with E-state index in [1.165, 1.54) is 12.0 Å². The molecule has 1 atom stereocenters. The molecule has 0 radical (unpaired) electrons. The third-order valence-corrected chi connectivity index (χ3v) is 4.65. The van der Waals surface area contributed by atoms with E-state index < -0.39 is 17.7 Å². The molecule has 3 rings (SSSR count). The number of Topliss-reactive ketones (excluding diaryl/α,β-unsaturated/α-hetero) is 1. The van der Waals surface area contributed by atoms with Gasteiger partial charge < -0.3 is 19.2 Å². The third-order valence-electron chi connectivity index (χ3n) is 4.65. The maximum absolute atomic E-state index is 12.9. The van der Waals surface area contributed by atoms with Crippen LogP contribution in [0.1, 0.15) is 29.5 Å². The molecule has 0 saturated heterocycles. The molecule has 6 nitrogen and oxygen atoms in total. The zero-order chi connectivity index (χ0) is 19.4. The Labute approximate surface area is 158 Å². The topological polar surface area (TPSA) is 80.0 Å². The van der Waals surface area contributed by atoms with Gasteiger partial charge in [0, 0.05) is 20.1 Å². The van der Waals surface area contributed by atoms with Crippen LogP contribution in [0.4, 0.5) is 0 Å². The van der Waals surface area contributed by atoms with Crippen LogP contribution in [0.5, 0.6) is 0 Å². The Bertz CT molecular complexity index is 852. The van der Waals surface area contributed by atoms with Crippen LogP contribution < -0.4 is 0 Å². The molecule has 6 heteroatoms. The third kappa shape index (κ3) is 3.95. The van der Waals surface area contributed by atoms with E-state index in [9.17, 15) is 14.7 Å². The van der Waals surface area contributed by atoms with Gasteiger partial charge in [0.1, 0.15) is 17.6 Å². The predicted octanol–water partition coefficient (Wildman–Crippen LogP) is 3.13. The van der Waals surface area contributed by atoms with E-state index in [1.807, 2.05) is 30.3 Å². The quantitative estimate of drug-likeness (QED) is 0.773. The molecule has 0 spiro atoms. The van der Waals surface area contributed by atoms with Gasteiger partial charge in [0.25, 0.3) is 5.91 Å². The fourth-order valence-electron chi connectivity index (χ4n) is 3.29. The number of nitrogens with zero attached hydrogens (tertiary/aromatic N) is 1. The van der Waals surface area contributed by atoms with Gasteiger partial charge >= 0.3 is 0 Å². The number of carbonyl (C=O) groups excluding carboxylic acids is 2. The summed E-state index contributed by atoms with van der Waals surface area (Å²) in [5, 5.41) is 10.4. The predicted molar refractivity (Wildman–Crippen MR) is 99.2 cm³/mol. The molecule has 2 heterocycles. The fourth-order valence-corrected chi connectivity index (χ4v) is 3.29. The second-order valence-corrected chi connectivity index (χ2v) is 6.51. The summed E-state index contributed by atoms with van der Waals surface area (Å²) >= 11 is 0. The van der Waals surface area contributed by atoms with Crippen molar-refractivity contribution in [2.45, 2.75) is 25.8 Å². The number of benzene rings is 1. The molecule has 2 aromatic rings. The van der Waals surface area contributed by atoms with Gasteiger partial charge in [0.2, 0.25) is 0 Å². The van der Waals surface area contributed by atoms with Crippen molar-refractivity contribution in [2.75, 3.05) is 20.3 Å². The number of ketones is 1. The van der Waals surface area contributed by atoms with Gasteiger partial charge in [-0.05, 0) is 31.0 Å². The van der Waals surface area contributed by atoms with Crippen LogP contribution in [-0.4, -0.2) is 42.0 Å². The first-order valence-corrected chi connectivity index (χ1v) is 8.89. The molecule has 1 aromatic carbocycles. The Kier molecular flexibility index (Phi) is 5.76. The zero-order valence-corrected chi connectivity index (χ0v) is 15.5. The van der Waals surface area contributed by atoms with E-state index in [0.717, 1.165) is 5.56 Å². The van der Waals surface area contributed by atoms with Crippen LogP contribution >= 0.6 is 0 Å². The Morgan fingerprint density at radius 3 is 2.59 bits per heavy atom. The molecule has 1 aliphatic heterocycles. The Morgan fingerprint density at radius 1 is 1.22 bits per heavy atom. The standard InChI is InChI=1S/C21H23NO5/c1-14-8-11-17(27-14)19-18(20(24)21(25)22(19)12-13-26-2)16(23)10-9-15-6-4-3-5-7-15/h3-8,11,19,24H,9-10,12-13H2,1-2H3. The summed E-state index contributed by atoms with van der Waals surface area (Å²) in [5.41, 5.74) is 1.12. The number of hydrogen-bond acceptors (Lipinski definition) is 5. The maximum atomic E-state index is 12.9. The van der Waals surface area contributed by atoms with E-state index in [1.54, 1.807) is 19.1 Å². The average molecular weight is 369 g/mol. The molecular weight excluding hydrogens is 346 g/mol. The van der Waals surface area contributed by atoms with E-state index in [0.29, 0.717) is 24.5 Å². The number of rotatable bonds is 8. The van der Waals surface area contributed by atoms with E-state index >= 15 is 0 Å². The smallest absolute Gasteiger partial charge is 0.290 e. The highest BCUT2D eigenvalue weighted by Crippen LogP contribution is 2.38. The van der Waals surface area contributed by atoms with Gasteiger partial charge in [-0.2, -0.15) is 0 Å². The number of carbonyl (C=O) groups is 2. The van der Waals surface area contributed by atoms with Crippen molar-refractivity contribution >= 4 is 11.7 Å². The molecule has 0 saturated carbocycles. The first kappa shape index (κ1) is 18.9. The van der Waals surface area contributed by atoms with Gasteiger partial charge in [-0.3, -0.25) is 9.59 Å². The lowest BCUT2D eigenvalue weighted by atomic mass is 9.96.